The second kappa shape index (κ2) is 10.8. The average Bonchev–Trinajstić information content (AvgIpc) is 3.14. The highest BCUT2D eigenvalue weighted by molar-refractivity contribution is 5.94. The van der Waals surface area contributed by atoms with Crippen molar-refractivity contribution in [1.82, 2.24) is 10.3 Å². The Morgan fingerprint density at radius 2 is 1.64 bits per heavy atom. The van der Waals surface area contributed by atoms with E-state index in [0.717, 1.165) is 49.7 Å². The number of allylic oxidation sites excluding steroid dienone is 4. The minimum absolute atomic E-state index is 0.0557. The molecule has 0 unspecified atom stereocenters. The van der Waals surface area contributed by atoms with Crippen LogP contribution in [0, 0.1) is 5.41 Å². The second-order valence-electron chi connectivity index (χ2n) is 10.2. The highest BCUT2D eigenvalue weighted by Gasteiger charge is 2.20. The zero-order chi connectivity index (χ0) is 25.7. The van der Waals surface area contributed by atoms with Gasteiger partial charge in [-0.1, -0.05) is 45.1 Å². The second-order valence-corrected chi connectivity index (χ2v) is 10.2. The number of amides is 1. The highest BCUT2D eigenvalue weighted by Crippen LogP contribution is 2.29. The van der Waals surface area contributed by atoms with E-state index >= 15 is 0 Å². The van der Waals surface area contributed by atoms with Gasteiger partial charge in [-0.25, -0.2) is 9.78 Å². The molecular formula is C29H34N4O3. The summed E-state index contributed by atoms with van der Waals surface area (Å²) in [7, 11) is 0. The van der Waals surface area contributed by atoms with Crippen molar-refractivity contribution < 1.29 is 14.7 Å². The number of nitrogens with zero attached hydrogens (tertiary/aromatic N) is 3. The van der Waals surface area contributed by atoms with E-state index in [2.05, 4.69) is 65.2 Å². The van der Waals surface area contributed by atoms with Gasteiger partial charge in [0.25, 0.3) is 5.91 Å². The first kappa shape index (κ1) is 25.2. The van der Waals surface area contributed by atoms with E-state index in [9.17, 15) is 9.59 Å². The first-order chi connectivity index (χ1) is 17.2. The fourth-order valence-electron chi connectivity index (χ4n) is 4.31. The molecule has 1 aromatic carbocycles. The minimum Gasteiger partial charge on any atom is -0.478 e. The minimum atomic E-state index is -0.917. The lowest BCUT2D eigenvalue weighted by Crippen LogP contribution is -2.46. The SMILES string of the molecule is CC(C)(C)C1=CC(CNC(=O)c2ccc(N3CCN(c4ccc(C(=O)O)cc4)CC3)nc2)=CCC=C1. The van der Waals surface area contributed by atoms with Crippen molar-refractivity contribution in [3.05, 3.63) is 89.2 Å². The van der Waals surface area contributed by atoms with Crippen LogP contribution >= 0.6 is 0 Å². The first-order valence-corrected chi connectivity index (χ1v) is 12.4. The van der Waals surface area contributed by atoms with Gasteiger partial charge < -0.3 is 20.2 Å². The number of hydrogen-bond donors (Lipinski definition) is 2. The van der Waals surface area contributed by atoms with Crippen LogP contribution in [0.5, 0.6) is 0 Å². The molecule has 2 N–H and O–H groups in total. The molecule has 1 aliphatic heterocycles. The van der Waals surface area contributed by atoms with Gasteiger partial charge in [0.2, 0.25) is 0 Å². The molecule has 36 heavy (non-hydrogen) atoms. The van der Waals surface area contributed by atoms with Gasteiger partial charge in [0.1, 0.15) is 5.82 Å². The summed E-state index contributed by atoms with van der Waals surface area (Å²) in [5.41, 5.74) is 4.27. The van der Waals surface area contributed by atoms with Crippen LogP contribution in [-0.2, 0) is 0 Å². The summed E-state index contributed by atoms with van der Waals surface area (Å²) in [6.07, 6.45) is 11.1. The zero-order valence-corrected chi connectivity index (χ0v) is 21.2. The normalized spacial score (nSPS) is 16.2. The topological polar surface area (TPSA) is 85.8 Å². The first-order valence-electron chi connectivity index (χ1n) is 12.4. The molecule has 1 saturated heterocycles. The van der Waals surface area contributed by atoms with Gasteiger partial charge in [0.05, 0.1) is 11.1 Å². The molecule has 0 spiro atoms. The van der Waals surface area contributed by atoms with Crippen LogP contribution < -0.4 is 15.1 Å². The van der Waals surface area contributed by atoms with Gasteiger partial charge in [-0.2, -0.15) is 0 Å². The average molecular weight is 487 g/mol. The van der Waals surface area contributed by atoms with Gasteiger partial charge in [-0.05, 0) is 59.4 Å². The Hall–Kier alpha value is -3.87. The molecule has 0 atom stereocenters. The smallest absolute Gasteiger partial charge is 0.335 e. The van der Waals surface area contributed by atoms with Crippen molar-refractivity contribution in [1.29, 1.82) is 0 Å². The summed E-state index contributed by atoms with van der Waals surface area (Å²) in [5, 5.41) is 12.1. The summed E-state index contributed by atoms with van der Waals surface area (Å²) < 4.78 is 0. The predicted octanol–water partition coefficient (Wildman–Crippen LogP) is 4.70. The summed E-state index contributed by atoms with van der Waals surface area (Å²) in [4.78, 5) is 32.8. The number of rotatable bonds is 6. The number of aromatic nitrogens is 1. The van der Waals surface area contributed by atoms with Crippen LogP contribution in [0.3, 0.4) is 0 Å². The number of carbonyl (C=O) groups excluding carboxylic acids is 1. The Morgan fingerprint density at radius 3 is 2.25 bits per heavy atom. The Labute approximate surface area is 212 Å². The lowest BCUT2D eigenvalue weighted by molar-refractivity contribution is 0.0696. The van der Waals surface area contributed by atoms with E-state index in [1.54, 1.807) is 18.3 Å². The Balaban J connectivity index is 1.30. The lowest BCUT2D eigenvalue weighted by Gasteiger charge is -2.36. The fourth-order valence-corrected chi connectivity index (χ4v) is 4.31. The molecule has 1 aliphatic carbocycles. The fraction of sp³-hybridized carbons (Fsp3) is 0.345. The van der Waals surface area contributed by atoms with E-state index in [1.165, 1.54) is 5.57 Å². The van der Waals surface area contributed by atoms with Crippen molar-refractivity contribution in [2.24, 2.45) is 5.41 Å². The lowest BCUT2D eigenvalue weighted by atomic mass is 9.85. The van der Waals surface area contributed by atoms with Crippen LogP contribution in [0.15, 0.2) is 78.0 Å². The maximum atomic E-state index is 12.7. The largest absolute Gasteiger partial charge is 0.478 e. The van der Waals surface area contributed by atoms with Crippen LogP contribution in [0.1, 0.15) is 47.9 Å². The molecule has 2 aromatic rings. The molecule has 2 aliphatic rings. The van der Waals surface area contributed by atoms with Crippen molar-refractivity contribution in [3.63, 3.8) is 0 Å². The highest BCUT2D eigenvalue weighted by atomic mass is 16.4. The number of carboxylic acids is 1. The molecule has 7 nitrogen and oxygen atoms in total. The van der Waals surface area contributed by atoms with Gasteiger partial charge in [-0.3, -0.25) is 4.79 Å². The number of pyridine rings is 1. The molecule has 0 radical (unpaired) electrons. The number of hydrogen-bond acceptors (Lipinski definition) is 5. The van der Waals surface area contributed by atoms with Gasteiger partial charge >= 0.3 is 5.97 Å². The number of anilines is 2. The molecule has 0 saturated carbocycles. The molecular weight excluding hydrogens is 452 g/mol. The van der Waals surface area contributed by atoms with Crippen LogP contribution in [-0.4, -0.2) is 54.7 Å². The maximum absolute atomic E-state index is 12.7. The summed E-state index contributed by atoms with van der Waals surface area (Å²) in [6.45, 7) is 10.3. The number of carboxylic acid groups (broad SMARTS) is 1. The molecule has 7 heteroatoms. The number of piperazine rings is 1. The molecule has 2 heterocycles. The third-order valence-corrected chi connectivity index (χ3v) is 6.57. The number of carbonyl (C=O) groups is 2. The third-order valence-electron chi connectivity index (χ3n) is 6.57. The molecule has 0 bridgehead atoms. The van der Waals surface area contributed by atoms with Gasteiger partial charge in [-0.15, -0.1) is 0 Å². The van der Waals surface area contributed by atoms with Crippen molar-refractivity contribution in [3.8, 4) is 0 Å². The number of benzene rings is 1. The quantitative estimate of drug-likeness (QED) is 0.616. The van der Waals surface area contributed by atoms with Crippen LogP contribution in [0.4, 0.5) is 11.5 Å². The summed E-state index contributed by atoms with van der Waals surface area (Å²) >= 11 is 0. The van der Waals surface area contributed by atoms with Gasteiger partial charge in [0, 0.05) is 44.6 Å². The van der Waals surface area contributed by atoms with E-state index in [1.807, 2.05) is 24.3 Å². The van der Waals surface area contributed by atoms with E-state index in [-0.39, 0.29) is 11.3 Å². The monoisotopic (exact) mass is 486 g/mol. The van der Waals surface area contributed by atoms with Crippen LogP contribution in [0.2, 0.25) is 0 Å². The molecule has 1 amide bonds. The maximum Gasteiger partial charge on any atom is 0.335 e. The van der Waals surface area contributed by atoms with E-state index < -0.39 is 5.97 Å². The summed E-state index contributed by atoms with van der Waals surface area (Å²) in [6, 6.07) is 10.7. The standard InChI is InChI=1S/C29H34N4O3/c1-29(2,3)24-7-5-4-6-21(18-24)19-31-27(34)23-10-13-26(30-20-23)33-16-14-32(15-17-33)25-11-8-22(9-12-25)28(35)36/h5-13,18,20H,4,14-17,19H2,1-3H3,(H,31,34)(H,35,36). The molecule has 1 aromatic heterocycles. The Morgan fingerprint density at radius 1 is 0.972 bits per heavy atom. The van der Waals surface area contributed by atoms with Crippen LogP contribution in [0.25, 0.3) is 0 Å². The Kier molecular flexibility index (Phi) is 7.58. The third kappa shape index (κ3) is 6.22. The van der Waals surface area contributed by atoms with Crippen molar-refractivity contribution in [2.75, 3.05) is 42.5 Å². The van der Waals surface area contributed by atoms with Crippen molar-refractivity contribution >= 4 is 23.4 Å². The van der Waals surface area contributed by atoms with E-state index in [4.69, 9.17) is 5.11 Å². The Bertz CT molecular complexity index is 1180. The van der Waals surface area contributed by atoms with Crippen molar-refractivity contribution in [2.45, 2.75) is 27.2 Å². The zero-order valence-electron chi connectivity index (χ0n) is 21.2. The molecule has 188 valence electrons. The summed E-state index contributed by atoms with van der Waals surface area (Å²) in [5.74, 6) is -0.199. The van der Waals surface area contributed by atoms with E-state index in [0.29, 0.717) is 17.7 Å². The number of aromatic carboxylic acids is 1. The molecule has 4 rings (SSSR count). The number of nitrogens with one attached hydrogen (secondary N) is 1. The van der Waals surface area contributed by atoms with Gasteiger partial charge in [0.15, 0.2) is 0 Å². The molecule has 1 fully saturated rings. The predicted molar refractivity (Wildman–Crippen MR) is 144 cm³/mol.